The van der Waals surface area contributed by atoms with Crippen LogP contribution in [-0.2, 0) is 23.9 Å². The van der Waals surface area contributed by atoms with Gasteiger partial charge in [-0.2, -0.15) is 28.1 Å². The SMILES string of the molecule is CN1C(=O)[C@@H](NC(=O)n2cc(Cc3cccc(F)c3)cn2)COc2ccc(OCCn3ncc(C(F)(F)F)cc3=O)cc21. The van der Waals surface area contributed by atoms with Gasteiger partial charge in [0.05, 0.1) is 30.2 Å². The molecule has 1 N–H and O–H groups in total. The number of rotatable bonds is 7. The number of nitrogens with one attached hydrogen (secondary N) is 1. The highest BCUT2D eigenvalue weighted by Gasteiger charge is 2.32. The van der Waals surface area contributed by atoms with Crippen LogP contribution in [0.5, 0.6) is 11.5 Å². The van der Waals surface area contributed by atoms with Crippen molar-refractivity contribution in [3.8, 4) is 11.5 Å². The Labute approximate surface area is 241 Å². The minimum absolute atomic E-state index is 0.0979. The topological polar surface area (TPSA) is 121 Å². The number of carbonyl (C=O) groups excluding carboxylic acids is 2. The number of carbonyl (C=O) groups is 2. The van der Waals surface area contributed by atoms with Gasteiger partial charge in [-0.3, -0.25) is 9.59 Å². The maximum absolute atomic E-state index is 13.5. The second-order valence-electron chi connectivity index (χ2n) is 9.59. The number of nitrogens with zero attached hydrogens (tertiary/aromatic N) is 5. The van der Waals surface area contributed by atoms with E-state index in [1.807, 2.05) is 0 Å². The molecular formula is C28H24F4N6O5. The van der Waals surface area contributed by atoms with Gasteiger partial charge in [-0.1, -0.05) is 12.1 Å². The van der Waals surface area contributed by atoms with Crippen molar-refractivity contribution < 1.29 is 36.6 Å². The Kier molecular flexibility index (Phi) is 8.14. The Morgan fingerprint density at radius 1 is 1.09 bits per heavy atom. The first-order chi connectivity index (χ1) is 20.5. The zero-order chi connectivity index (χ0) is 30.7. The molecule has 3 heterocycles. The molecule has 2 aromatic heterocycles. The largest absolute Gasteiger partial charge is 0.492 e. The molecule has 1 aliphatic rings. The number of anilines is 1. The Bertz CT molecular complexity index is 1720. The van der Waals surface area contributed by atoms with E-state index in [0.29, 0.717) is 47.0 Å². The van der Waals surface area contributed by atoms with Gasteiger partial charge in [-0.15, -0.1) is 0 Å². The monoisotopic (exact) mass is 600 g/mol. The molecule has 15 heteroatoms. The van der Waals surface area contributed by atoms with Crippen molar-refractivity contribution in [2.75, 3.05) is 25.2 Å². The number of amides is 2. The van der Waals surface area contributed by atoms with Gasteiger partial charge in [0.2, 0.25) is 0 Å². The van der Waals surface area contributed by atoms with Crippen LogP contribution < -0.4 is 25.2 Å². The first-order valence-corrected chi connectivity index (χ1v) is 12.9. The molecule has 4 aromatic rings. The van der Waals surface area contributed by atoms with Crippen molar-refractivity contribution in [2.24, 2.45) is 0 Å². The molecule has 0 saturated heterocycles. The lowest BCUT2D eigenvalue weighted by molar-refractivity contribution is -0.138. The van der Waals surface area contributed by atoms with Gasteiger partial charge in [-0.05, 0) is 35.4 Å². The third-order valence-electron chi connectivity index (χ3n) is 6.53. The fourth-order valence-corrected chi connectivity index (χ4v) is 4.34. The van der Waals surface area contributed by atoms with Crippen molar-refractivity contribution in [1.29, 1.82) is 0 Å². The number of likely N-dealkylation sites (N-methyl/N-ethyl adjacent to an activating group) is 1. The summed E-state index contributed by atoms with van der Waals surface area (Å²) in [6.45, 7) is -0.383. The van der Waals surface area contributed by atoms with Crippen LogP contribution in [0.2, 0.25) is 0 Å². The number of benzene rings is 2. The van der Waals surface area contributed by atoms with Gasteiger partial charge in [0.15, 0.2) is 0 Å². The number of ether oxygens (including phenoxy) is 2. The predicted molar refractivity (Wildman–Crippen MR) is 143 cm³/mol. The second-order valence-corrected chi connectivity index (χ2v) is 9.59. The third kappa shape index (κ3) is 6.82. The lowest BCUT2D eigenvalue weighted by atomic mass is 10.1. The van der Waals surface area contributed by atoms with E-state index in [-0.39, 0.29) is 25.6 Å². The summed E-state index contributed by atoms with van der Waals surface area (Å²) in [5, 5.41) is 10.2. The Morgan fingerprint density at radius 2 is 1.91 bits per heavy atom. The third-order valence-corrected chi connectivity index (χ3v) is 6.53. The summed E-state index contributed by atoms with van der Waals surface area (Å²) in [6, 6.07) is 9.45. The zero-order valence-corrected chi connectivity index (χ0v) is 22.5. The van der Waals surface area contributed by atoms with Gasteiger partial charge in [0, 0.05) is 31.8 Å². The van der Waals surface area contributed by atoms with Crippen LogP contribution in [-0.4, -0.2) is 57.8 Å². The van der Waals surface area contributed by atoms with Crippen LogP contribution in [0.25, 0.3) is 0 Å². The number of fused-ring (bicyclic) bond motifs is 1. The quantitative estimate of drug-likeness (QED) is 0.324. The molecule has 1 aliphatic heterocycles. The molecule has 0 fully saturated rings. The molecule has 5 rings (SSSR count). The molecule has 0 aliphatic carbocycles. The molecule has 224 valence electrons. The smallest absolute Gasteiger partial charge is 0.418 e. The summed E-state index contributed by atoms with van der Waals surface area (Å²) in [5.41, 5.74) is -0.344. The molecule has 0 unspecified atom stereocenters. The summed E-state index contributed by atoms with van der Waals surface area (Å²) < 4.78 is 65.0. The molecule has 0 bridgehead atoms. The number of hydrogen-bond donors (Lipinski definition) is 1. The minimum Gasteiger partial charge on any atom is -0.492 e. The molecule has 43 heavy (non-hydrogen) atoms. The molecule has 1 atom stereocenters. The van der Waals surface area contributed by atoms with Crippen LogP contribution in [0.3, 0.4) is 0 Å². The highest BCUT2D eigenvalue weighted by atomic mass is 19.4. The Hall–Kier alpha value is -5.21. The van der Waals surface area contributed by atoms with Crippen LogP contribution in [0.1, 0.15) is 16.7 Å². The van der Waals surface area contributed by atoms with E-state index in [1.165, 1.54) is 42.5 Å². The van der Waals surface area contributed by atoms with Crippen molar-refractivity contribution >= 4 is 17.6 Å². The van der Waals surface area contributed by atoms with Crippen molar-refractivity contribution in [3.63, 3.8) is 0 Å². The zero-order valence-electron chi connectivity index (χ0n) is 22.5. The van der Waals surface area contributed by atoms with E-state index < -0.39 is 35.3 Å². The molecule has 2 aromatic carbocycles. The molecule has 2 amide bonds. The standard InChI is InChI=1S/C28H24F4N6O5/c1-36-23-12-21(42-8-7-37-25(39)11-19(14-34-37)28(30,31)32)5-6-24(23)43-16-22(26(36)40)35-27(41)38-15-18(13-33-38)9-17-3-2-4-20(29)10-17/h2-6,10-15,22H,7-9,16H2,1H3,(H,35,41)/t22-/m0/s1. The highest BCUT2D eigenvalue weighted by Crippen LogP contribution is 2.34. The summed E-state index contributed by atoms with van der Waals surface area (Å²) in [4.78, 5) is 39.3. The average Bonchev–Trinajstić information content (AvgIpc) is 3.39. The van der Waals surface area contributed by atoms with Crippen molar-refractivity contribution in [1.82, 2.24) is 24.9 Å². The lowest BCUT2D eigenvalue weighted by Crippen LogP contribution is -2.50. The minimum atomic E-state index is -4.68. The van der Waals surface area contributed by atoms with E-state index in [1.54, 1.807) is 24.3 Å². The number of hydrogen-bond acceptors (Lipinski definition) is 7. The molecular weight excluding hydrogens is 576 g/mol. The van der Waals surface area contributed by atoms with Crippen molar-refractivity contribution in [2.45, 2.75) is 25.2 Å². The lowest BCUT2D eigenvalue weighted by Gasteiger charge is -2.20. The molecule has 11 nitrogen and oxygen atoms in total. The highest BCUT2D eigenvalue weighted by molar-refractivity contribution is 6.00. The van der Waals surface area contributed by atoms with Gasteiger partial charge < -0.3 is 19.7 Å². The van der Waals surface area contributed by atoms with Crippen LogP contribution in [0.15, 0.2) is 71.9 Å². The summed E-state index contributed by atoms with van der Waals surface area (Å²) in [7, 11) is 1.50. The van der Waals surface area contributed by atoms with E-state index in [0.717, 1.165) is 9.36 Å². The van der Waals surface area contributed by atoms with E-state index in [9.17, 15) is 31.9 Å². The fourth-order valence-electron chi connectivity index (χ4n) is 4.34. The number of halogens is 4. The van der Waals surface area contributed by atoms with Gasteiger partial charge in [0.1, 0.15) is 36.6 Å². The van der Waals surface area contributed by atoms with Gasteiger partial charge in [-0.25, -0.2) is 13.9 Å². The summed E-state index contributed by atoms with van der Waals surface area (Å²) in [6.07, 6.45) is -0.793. The van der Waals surface area contributed by atoms with Gasteiger partial charge in [0.25, 0.3) is 11.5 Å². The van der Waals surface area contributed by atoms with Crippen LogP contribution >= 0.6 is 0 Å². The maximum Gasteiger partial charge on any atom is 0.418 e. The number of alkyl halides is 3. The van der Waals surface area contributed by atoms with Crippen LogP contribution in [0.4, 0.5) is 28.0 Å². The van der Waals surface area contributed by atoms with E-state index >= 15 is 0 Å². The first kappa shape index (κ1) is 29.3. The van der Waals surface area contributed by atoms with E-state index in [4.69, 9.17) is 9.47 Å². The van der Waals surface area contributed by atoms with Crippen LogP contribution in [0, 0.1) is 5.82 Å². The molecule has 0 saturated carbocycles. The summed E-state index contributed by atoms with van der Waals surface area (Å²) in [5.74, 6) is -0.202. The number of aromatic nitrogens is 4. The van der Waals surface area contributed by atoms with Crippen molar-refractivity contribution in [3.05, 3.63) is 100.0 Å². The predicted octanol–water partition coefficient (Wildman–Crippen LogP) is 3.25. The van der Waals surface area contributed by atoms with E-state index in [2.05, 4.69) is 15.5 Å². The molecule has 0 spiro atoms. The first-order valence-electron chi connectivity index (χ1n) is 12.9. The fraction of sp³-hybridized carbons (Fsp3) is 0.250. The maximum atomic E-state index is 13.5. The summed E-state index contributed by atoms with van der Waals surface area (Å²) >= 11 is 0. The molecule has 0 radical (unpaired) electrons. The Morgan fingerprint density at radius 3 is 2.65 bits per heavy atom. The van der Waals surface area contributed by atoms with Gasteiger partial charge >= 0.3 is 12.2 Å². The normalized spacial score (nSPS) is 15.0. The average molecular weight is 601 g/mol. The Balaban J connectivity index is 1.19. The second kappa shape index (κ2) is 12.0.